The van der Waals surface area contributed by atoms with Crippen molar-refractivity contribution in [2.24, 2.45) is 5.73 Å². The first-order chi connectivity index (χ1) is 5.59. The number of primary amides is 1. The number of nitrogens with two attached hydrogens (primary N) is 1. The quantitative estimate of drug-likeness (QED) is 0.733. The molecule has 0 aromatic rings. The van der Waals surface area contributed by atoms with E-state index in [1.807, 2.05) is 25.2 Å². The van der Waals surface area contributed by atoms with Gasteiger partial charge in [-0.3, -0.25) is 4.79 Å². The normalized spacial score (nSPS) is 17.3. The SMILES string of the molecule is CC1=CC(Br)=CCC(C(N)=O)=C1. The zero-order valence-electron chi connectivity index (χ0n) is 6.80. The molecule has 0 bridgehead atoms. The molecule has 0 atom stereocenters. The first kappa shape index (κ1) is 9.26. The largest absolute Gasteiger partial charge is 0.366 e. The van der Waals surface area contributed by atoms with Crippen molar-refractivity contribution in [3.8, 4) is 0 Å². The smallest absolute Gasteiger partial charge is 0.244 e. The van der Waals surface area contributed by atoms with Crippen LogP contribution >= 0.6 is 15.9 Å². The molecule has 0 aromatic carbocycles. The van der Waals surface area contributed by atoms with E-state index in [-0.39, 0.29) is 5.91 Å². The summed E-state index contributed by atoms with van der Waals surface area (Å²) in [6, 6.07) is 0. The van der Waals surface area contributed by atoms with Gasteiger partial charge in [0.15, 0.2) is 0 Å². The number of carbonyl (C=O) groups is 1. The standard InChI is InChI=1S/C9H10BrNO/c1-6-4-7(9(11)12)2-3-8(10)5-6/h3-5H,2H2,1H3,(H2,11,12). The first-order valence-corrected chi connectivity index (χ1v) is 4.43. The Labute approximate surface area is 80.0 Å². The van der Waals surface area contributed by atoms with Gasteiger partial charge >= 0.3 is 0 Å². The lowest BCUT2D eigenvalue weighted by Crippen LogP contribution is -2.13. The van der Waals surface area contributed by atoms with Crippen molar-refractivity contribution in [1.29, 1.82) is 0 Å². The highest BCUT2D eigenvalue weighted by molar-refractivity contribution is 9.11. The molecule has 0 aromatic heterocycles. The molecule has 0 unspecified atom stereocenters. The van der Waals surface area contributed by atoms with Crippen LogP contribution in [0.15, 0.2) is 33.9 Å². The molecule has 64 valence electrons. The minimum absolute atomic E-state index is 0.346. The summed E-state index contributed by atoms with van der Waals surface area (Å²) in [5, 5.41) is 0. The Morgan fingerprint density at radius 1 is 1.58 bits per heavy atom. The van der Waals surface area contributed by atoms with Gasteiger partial charge in [-0.2, -0.15) is 0 Å². The summed E-state index contributed by atoms with van der Waals surface area (Å²) in [5.41, 5.74) is 6.85. The Bertz CT molecular complexity index is 300. The van der Waals surface area contributed by atoms with Crippen molar-refractivity contribution >= 4 is 21.8 Å². The van der Waals surface area contributed by atoms with E-state index in [1.165, 1.54) is 0 Å². The van der Waals surface area contributed by atoms with Crippen LogP contribution in [-0.2, 0) is 4.79 Å². The van der Waals surface area contributed by atoms with Crippen LogP contribution in [0.2, 0.25) is 0 Å². The fourth-order valence-corrected chi connectivity index (χ4v) is 1.55. The van der Waals surface area contributed by atoms with E-state index < -0.39 is 0 Å². The third kappa shape index (κ3) is 2.34. The molecule has 12 heavy (non-hydrogen) atoms. The second kappa shape index (κ2) is 3.72. The highest BCUT2D eigenvalue weighted by Gasteiger charge is 2.05. The predicted octanol–water partition coefficient (Wildman–Crippen LogP) is 2.03. The van der Waals surface area contributed by atoms with Gasteiger partial charge in [0.05, 0.1) is 0 Å². The Morgan fingerprint density at radius 2 is 2.25 bits per heavy atom. The maximum Gasteiger partial charge on any atom is 0.244 e. The Kier molecular flexibility index (Phi) is 2.87. The molecular formula is C9H10BrNO. The van der Waals surface area contributed by atoms with E-state index in [2.05, 4.69) is 15.9 Å². The van der Waals surface area contributed by atoms with Crippen molar-refractivity contribution < 1.29 is 4.79 Å². The Hall–Kier alpha value is -0.830. The second-order valence-corrected chi connectivity index (χ2v) is 3.63. The number of allylic oxidation sites excluding steroid dienone is 5. The van der Waals surface area contributed by atoms with Gasteiger partial charge in [-0.1, -0.05) is 28.1 Å². The van der Waals surface area contributed by atoms with Crippen molar-refractivity contribution in [2.75, 3.05) is 0 Å². The summed E-state index contributed by atoms with van der Waals surface area (Å²) in [7, 11) is 0. The third-order valence-corrected chi connectivity index (χ3v) is 2.15. The highest BCUT2D eigenvalue weighted by atomic mass is 79.9. The minimum Gasteiger partial charge on any atom is -0.366 e. The molecule has 0 fully saturated rings. The molecule has 0 heterocycles. The third-order valence-electron chi connectivity index (χ3n) is 1.60. The maximum atomic E-state index is 10.8. The average Bonchev–Trinajstić information content (AvgIpc) is 2.11. The van der Waals surface area contributed by atoms with Crippen molar-refractivity contribution in [1.82, 2.24) is 0 Å². The molecule has 0 spiro atoms. The van der Waals surface area contributed by atoms with E-state index in [9.17, 15) is 4.79 Å². The van der Waals surface area contributed by atoms with Gasteiger partial charge in [0.2, 0.25) is 5.91 Å². The van der Waals surface area contributed by atoms with E-state index >= 15 is 0 Å². The maximum absolute atomic E-state index is 10.8. The van der Waals surface area contributed by atoms with Gasteiger partial charge in [-0.25, -0.2) is 0 Å². The van der Waals surface area contributed by atoms with E-state index in [1.54, 1.807) is 0 Å². The molecule has 0 aliphatic heterocycles. The van der Waals surface area contributed by atoms with E-state index in [0.717, 1.165) is 10.1 Å². The van der Waals surface area contributed by atoms with Crippen LogP contribution in [0.3, 0.4) is 0 Å². The fraction of sp³-hybridized carbons (Fsp3) is 0.222. The lowest BCUT2D eigenvalue weighted by Gasteiger charge is -1.96. The summed E-state index contributed by atoms with van der Waals surface area (Å²) in [5.74, 6) is -0.346. The minimum atomic E-state index is -0.346. The molecule has 2 N–H and O–H groups in total. The van der Waals surface area contributed by atoms with Gasteiger partial charge < -0.3 is 5.73 Å². The van der Waals surface area contributed by atoms with Crippen molar-refractivity contribution in [3.63, 3.8) is 0 Å². The number of hydrogen-bond acceptors (Lipinski definition) is 1. The second-order valence-electron chi connectivity index (χ2n) is 2.72. The number of carbonyl (C=O) groups excluding carboxylic acids is 1. The van der Waals surface area contributed by atoms with Crippen LogP contribution in [0.1, 0.15) is 13.3 Å². The van der Waals surface area contributed by atoms with Crippen molar-refractivity contribution in [3.05, 3.63) is 33.9 Å². The summed E-state index contributed by atoms with van der Waals surface area (Å²) in [6.07, 6.45) is 6.29. The van der Waals surface area contributed by atoms with Gasteiger partial charge in [0.1, 0.15) is 0 Å². The Morgan fingerprint density at radius 3 is 2.83 bits per heavy atom. The summed E-state index contributed by atoms with van der Waals surface area (Å²) in [4.78, 5) is 10.8. The molecule has 0 saturated carbocycles. The molecule has 1 aliphatic rings. The number of amides is 1. The number of halogens is 1. The Balaban J connectivity index is 2.97. The molecule has 0 saturated heterocycles. The van der Waals surface area contributed by atoms with Crippen molar-refractivity contribution in [2.45, 2.75) is 13.3 Å². The average molecular weight is 228 g/mol. The van der Waals surface area contributed by atoms with Crippen LogP contribution in [0.25, 0.3) is 0 Å². The summed E-state index contributed by atoms with van der Waals surface area (Å²) < 4.78 is 0.993. The number of hydrogen-bond donors (Lipinski definition) is 1. The lowest BCUT2D eigenvalue weighted by atomic mass is 10.1. The van der Waals surface area contributed by atoms with Gasteiger partial charge in [-0.15, -0.1) is 0 Å². The van der Waals surface area contributed by atoms with Crippen LogP contribution in [0, 0.1) is 0 Å². The fourth-order valence-electron chi connectivity index (χ4n) is 1.03. The molecule has 0 radical (unpaired) electrons. The zero-order valence-corrected chi connectivity index (χ0v) is 8.39. The molecule has 3 heteroatoms. The van der Waals surface area contributed by atoms with E-state index in [0.29, 0.717) is 12.0 Å². The van der Waals surface area contributed by atoms with Gasteiger partial charge in [0.25, 0.3) is 0 Å². The summed E-state index contributed by atoms with van der Waals surface area (Å²) >= 11 is 3.35. The molecule has 1 amide bonds. The number of rotatable bonds is 1. The van der Waals surface area contributed by atoms with Crippen LogP contribution in [-0.4, -0.2) is 5.91 Å². The molecule has 1 rings (SSSR count). The van der Waals surface area contributed by atoms with Gasteiger partial charge in [-0.05, 0) is 25.0 Å². The topological polar surface area (TPSA) is 43.1 Å². The predicted molar refractivity (Wildman–Crippen MR) is 52.7 cm³/mol. The van der Waals surface area contributed by atoms with Gasteiger partial charge in [0, 0.05) is 10.1 Å². The van der Waals surface area contributed by atoms with E-state index in [4.69, 9.17) is 5.73 Å². The summed E-state index contributed by atoms with van der Waals surface area (Å²) in [6.45, 7) is 1.93. The monoisotopic (exact) mass is 227 g/mol. The molecule has 2 nitrogen and oxygen atoms in total. The molecule has 1 aliphatic carbocycles. The molecular weight excluding hydrogens is 218 g/mol. The van der Waals surface area contributed by atoms with Crippen LogP contribution in [0.4, 0.5) is 0 Å². The van der Waals surface area contributed by atoms with Crippen LogP contribution in [0.5, 0.6) is 0 Å². The lowest BCUT2D eigenvalue weighted by molar-refractivity contribution is -0.114. The van der Waals surface area contributed by atoms with Crippen LogP contribution < -0.4 is 5.73 Å². The highest BCUT2D eigenvalue weighted by Crippen LogP contribution is 2.19. The zero-order chi connectivity index (χ0) is 9.14. The first-order valence-electron chi connectivity index (χ1n) is 3.64.